The number of ketones is 1. The number of phenolic OH excluding ortho intramolecular Hbond substituents is 1. The van der Waals surface area contributed by atoms with E-state index in [-0.39, 0.29) is 58.1 Å². The number of amides is 1. The molecule has 0 spiro atoms. The zero-order chi connectivity index (χ0) is 27.5. The second-order valence-corrected chi connectivity index (χ2v) is 9.63. The van der Waals surface area contributed by atoms with Gasteiger partial charge < -0.3 is 29.5 Å². The Morgan fingerprint density at radius 2 is 1.79 bits per heavy atom. The van der Waals surface area contributed by atoms with Crippen molar-refractivity contribution in [3.63, 3.8) is 0 Å². The summed E-state index contributed by atoms with van der Waals surface area (Å²) >= 11 is 0. The average molecular weight is 592 g/mol. The molecule has 0 aliphatic carbocycles. The Morgan fingerprint density at radius 1 is 1.11 bits per heavy atom. The van der Waals surface area contributed by atoms with Gasteiger partial charge in [0.25, 0.3) is 5.91 Å². The molecule has 0 aromatic heterocycles. The number of amidine groups is 1. The molecule has 0 saturated heterocycles. The zero-order valence-corrected chi connectivity index (χ0v) is 24.1. The fraction of sp³-hybridized carbons (Fsp3) is 0.407. The van der Waals surface area contributed by atoms with Crippen molar-refractivity contribution in [3.05, 3.63) is 52.1 Å². The van der Waals surface area contributed by atoms with Crippen molar-refractivity contribution in [1.82, 2.24) is 10.2 Å². The maximum absolute atomic E-state index is 13.4. The summed E-state index contributed by atoms with van der Waals surface area (Å²) in [6, 6.07) is 6.34. The van der Waals surface area contributed by atoms with E-state index in [1.165, 1.54) is 20.2 Å². The molecular formula is C27H34BrN3O7. The fourth-order valence-electron chi connectivity index (χ4n) is 4.06. The molecule has 1 aliphatic heterocycles. The second kappa shape index (κ2) is 12.3. The Kier molecular flexibility index (Phi) is 9.91. The van der Waals surface area contributed by atoms with Gasteiger partial charge in [-0.3, -0.25) is 15.0 Å². The smallest absolute Gasteiger partial charge is 0.343 e. The molecule has 2 aromatic carbocycles. The van der Waals surface area contributed by atoms with Gasteiger partial charge in [-0.15, -0.1) is 17.0 Å². The highest BCUT2D eigenvalue weighted by Crippen LogP contribution is 2.39. The van der Waals surface area contributed by atoms with Crippen LogP contribution in [-0.2, 0) is 21.5 Å². The highest BCUT2D eigenvalue weighted by molar-refractivity contribution is 8.93. The van der Waals surface area contributed by atoms with Crippen LogP contribution in [0.3, 0.4) is 0 Å². The number of fused-ring (bicyclic) bond motifs is 1. The number of hydrogen-bond acceptors (Lipinski definition) is 8. The van der Waals surface area contributed by atoms with E-state index in [0.717, 1.165) is 5.56 Å². The van der Waals surface area contributed by atoms with Gasteiger partial charge in [0, 0.05) is 30.3 Å². The van der Waals surface area contributed by atoms with Crippen LogP contribution in [0.25, 0.3) is 0 Å². The van der Waals surface area contributed by atoms with Crippen LogP contribution < -0.4 is 14.8 Å². The molecule has 0 atom stereocenters. The first-order valence-corrected chi connectivity index (χ1v) is 11.9. The van der Waals surface area contributed by atoms with Gasteiger partial charge in [0.1, 0.15) is 11.6 Å². The number of phenols is 1. The largest absolute Gasteiger partial charge is 0.504 e. The standard InChI is InChI=1S/C27H33N3O7.BrH/c1-7-36-21-10-16-12-30(25(28)17(16)11-18(21)26(34)29-5)13-20(31)15-8-19(27(2,3)4)24(33)22(9-15)37-14-23(32)35-6;/h8-11,28,33H,7,12-14H2,1-6H3,(H,29,34);1H. The first-order chi connectivity index (χ1) is 17.4. The van der Waals surface area contributed by atoms with Gasteiger partial charge in [-0.1, -0.05) is 20.8 Å². The molecule has 0 bridgehead atoms. The van der Waals surface area contributed by atoms with E-state index in [9.17, 15) is 19.5 Å². The summed E-state index contributed by atoms with van der Waals surface area (Å²) in [5, 5.41) is 22.0. The van der Waals surface area contributed by atoms with E-state index >= 15 is 0 Å². The first kappa shape index (κ1) is 30.6. The predicted molar refractivity (Wildman–Crippen MR) is 147 cm³/mol. The van der Waals surface area contributed by atoms with Crippen molar-refractivity contribution in [3.8, 4) is 17.2 Å². The van der Waals surface area contributed by atoms with E-state index in [2.05, 4.69) is 10.1 Å². The summed E-state index contributed by atoms with van der Waals surface area (Å²) < 4.78 is 15.7. The highest BCUT2D eigenvalue weighted by Gasteiger charge is 2.30. The Morgan fingerprint density at radius 3 is 2.37 bits per heavy atom. The topological polar surface area (TPSA) is 138 Å². The number of Topliss-reactive ketones (excluding diaryl/α,β-unsaturated/α-hetero) is 1. The number of rotatable bonds is 9. The Labute approximate surface area is 232 Å². The molecule has 0 radical (unpaired) electrons. The van der Waals surface area contributed by atoms with Gasteiger partial charge in [-0.25, -0.2) is 4.79 Å². The SMILES string of the molecule is Br.CCOc1cc2c(cc1C(=O)NC)C(=N)N(CC(=O)c1cc(OCC(=O)OC)c(O)c(C(C)(C)C)c1)C2. The number of carbonyl (C=O) groups is 3. The third-order valence-electron chi connectivity index (χ3n) is 6.02. The van der Waals surface area contributed by atoms with Crippen molar-refractivity contribution in [2.45, 2.75) is 39.7 Å². The van der Waals surface area contributed by atoms with Crippen LogP contribution in [0, 0.1) is 5.41 Å². The quantitative estimate of drug-likeness (QED) is 0.297. The number of methoxy groups -OCH3 is 1. The molecule has 206 valence electrons. The van der Waals surface area contributed by atoms with Crippen molar-refractivity contribution in [2.75, 3.05) is 33.9 Å². The van der Waals surface area contributed by atoms with Gasteiger partial charge in [0.2, 0.25) is 0 Å². The second-order valence-electron chi connectivity index (χ2n) is 9.63. The number of nitrogens with one attached hydrogen (secondary N) is 2. The van der Waals surface area contributed by atoms with Crippen LogP contribution in [0.2, 0.25) is 0 Å². The lowest BCUT2D eigenvalue weighted by Gasteiger charge is -2.23. The molecule has 3 N–H and O–H groups in total. The maximum atomic E-state index is 13.4. The minimum atomic E-state index is -0.626. The lowest BCUT2D eigenvalue weighted by atomic mass is 9.84. The van der Waals surface area contributed by atoms with Crippen molar-refractivity contribution >= 4 is 40.5 Å². The minimum Gasteiger partial charge on any atom is -0.504 e. The van der Waals surface area contributed by atoms with Crippen molar-refractivity contribution in [2.24, 2.45) is 0 Å². The number of ether oxygens (including phenoxy) is 3. The molecule has 3 rings (SSSR count). The van der Waals surface area contributed by atoms with Crippen molar-refractivity contribution in [1.29, 1.82) is 5.41 Å². The van der Waals surface area contributed by atoms with Gasteiger partial charge in [-0.2, -0.15) is 0 Å². The predicted octanol–water partition coefficient (Wildman–Crippen LogP) is 3.60. The number of carbonyl (C=O) groups excluding carboxylic acids is 3. The van der Waals surface area contributed by atoms with Crippen LogP contribution in [0.4, 0.5) is 0 Å². The maximum Gasteiger partial charge on any atom is 0.343 e. The van der Waals surface area contributed by atoms with Crippen molar-refractivity contribution < 1.29 is 33.7 Å². The van der Waals surface area contributed by atoms with Gasteiger partial charge in [0.15, 0.2) is 23.9 Å². The number of aromatic hydroxyl groups is 1. The number of nitrogens with zero attached hydrogens (tertiary/aromatic N) is 1. The van der Waals surface area contributed by atoms with E-state index in [0.29, 0.717) is 35.6 Å². The molecular weight excluding hydrogens is 558 g/mol. The number of benzene rings is 2. The monoisotopic (exact) mass is 591 g/mol. The Bertz CT molecular complexity index is 1250. The van der Waals surface area contributed by atoms with Crippen LogP contribution in [0.5, 0.6) is 17.2 Å². The summed E-state index contributed by atoms with van der Waals surface area (Å²) in [5.41, 5.74) is 1.88. The minimum absolute atomic E-state index is 0. The lowest BCUT2D eigenvalue weighted by molar-refractivity contribution is -0.142. The molecule has 0 fully saturated rings. The number of halogens is 1. The summed E-state index contributed by atoms with van der Waals surface area (Å²) in [6.07, 6.45) is 0. The average Bonchev–Trinajstić information content (AvgIpc) is 3.15. The molecule has 1 amide bonds. The Hall–Kier alpha value is -3.60. The summed E-state index contributed by atoms with van der Waals surface area (Å²) in [4.78, 5) is 38.9. The van der Waals surface area contributed by atoms with E-state index in [1.54, 1.807) is 23.1 Å². The third kappa shape index (κ3) is 6.45. The first-order valence-electron chi connectivity index (χ1n) is 11.9. The molecule has 11 heteroatoms. The molecule has 2 aromatic rings. The van der Waals surface area contributed by atoms with Gasteiger partial charge in [-0.05, 0) is 42.2 Å². The van der Waals surface area contributed by atoms with E-state index < -0.39 is 18.0 Å². The zero-order valence-electron chi connectivity index (χ0n) is 22.4. The molecule has 1 aliphatic rings. The van der Waals surface area contributed by atoms with Crippen LogP contribution in [0.15, 0.2) is 24.3 Å². The van der Waals surface area contributed by atoms with Crippen LogP contribution in [0.1, 0.15) is 65.1 Å². The summed E-state index contributed by atoms with van der Waals surface area (Å²) in [7, 11) is 2.75. The van der Waals surface area contributed by atoms with Crippen LogP contribution >= 0.6 is 17.0 Å². The summed E-state index contributed by atoms with van der Waals surface area (Å²) in [6.45, 7) is 7.60. The van der Waals surface area contributed by atoms with Crippen LogP contribution in [-0.4, -0.2) is 67.4 Å². The summed E-state index contributed by atoms with van der Waals surface area (Å²) in [5.74, 6) is -0.874. The molecule has 1 heterocycles. The number of esters is 1. The highest BCUT2D eigenvalue weighted by atomic mass is 79.9. The van der Waals surface area contributed by atoms with Gasteiger partial charge >= 0.3 is 5.97 Å². The van der Waals surface area contributed by atoms with E-state index in [4.69, 9.17) is 14.9 Å². The van der Waals surface area contributed by atoms with E-state index in [1.807, 2.05) is 27.7 Å². The number of hydrogen-bond donors (Lipinski definition) is 3. The molecule has 10 nitrogen and oxygen atoms in total. The Balaban J connectivity index is 0.00000507. The third-order valence-corrected chi connectivity index (χ3v) is 6.02. The molecule has 38 heavy (non-hydrogen) atoms. The normalized spacial score (nSPS) is 12.4. The van der Waals surface area contributed by atoms with Gasteiger partial charge in [0.05, 0.1) is 25.8 Å². The lowest BCUT2D eigenvalue weighted by Crippen LogP contribution is -2.30. The fourth-order valence-corrected chi connectivity index (χ4v) is 4.06. The molecule has 0 saturated carbocycles. The molecule has 0 unspecified atom stereocenters.